The van der Waals surface area contributed by atoms with Crippen LogP contribution in [0.4, 0.5) is 0 Å². The third-order valence-corrected chi connectivity index (χ3v) is 7.35. The smallest absolute Gasteiger partial charge is 0.244 e. The summed E-state index contributed by atoms with van der Waals surface area (Å²) >= 11 is 0. The van der Waals surface area contributed by atoms with E-state index in [0.29, 0.717) is 18.6 Å². The molecule has 27 heavy (non-hydrogen) atoms. The van der Waals surface area contributed by atoms with Gasteiger partial charge in [-0.15, -0.1) is 0 Å². The molecule has 6 nitrogen and oxygen atoms in total. The highest BCUT2D eigenvalue weighted by molar-refractivity contribution is 7.89. The van der Waals surface area contributed by atoms with Gasteiger partial charge in [-0.2, -0.15) is 4.31 Å². The number of carbonyl (C=O) groups is 1. The van der Waals surface area contributed by atoms with Gasteiger partial charge in [0, 0.05) is 17.1 Å². The Balaban J connectivity index is 2.45. The highest BCUT2D eigenvalue weighted by Crippen LogP contribution is 2.42. The first kappa shape index (κ1) is 21.4. The lowest BCUT2D eigenvalue weighted by atomic mass is 9.79. The number of benzene rings is 1. The minimum atomic E-state index is -3.74. The molecule has 1 saturated heterocycles. The van der Waals surface area contributed by atoms with Crippen LogP contribution in [-0.4, -0.2) is 42.9 Å². The van der Waals surface area contributed by atoms with Crippen LogP contribution in [0, 0.1) is 6.92 Å². The summed E-state index contributed by atoms with van der Waals surface area (Å²) in [7, 11) is -2.18. The van der Waals surface area contributed by atoms with E-state index in [0.717, 1.165) is 5.56 Å². The molecule has 1 fully saturated rings. The van der Waals surface area contributed by atoms with Crippen LogP contribution in [0.3, 0.4) is 0 Å². The molecule has 1 amide bonds. The number of nitrogens with zero attached hydrogens (tertiary/aromatic N) is 1. The Hall–Kier alpha value is -1.86. The van der Waals surface area contributed by atoms with Crippen LogP contribution in [0.15, 0.2) is 35.7 Å². The zero-order valence-electron chi connectivity index (χ0n) is 17.0. The molecule has 0 bridgehead atoms. The van der Waals surface area contributed by atoms with Crippen molar-refractivity contribution in [3.63, 3.8) is 0 Å². The van der Waals surface area contributed by atoms with E-state index < -0.39 is 21.1 Å². The van der Waals surface area contributed by atoms with Crippen LogP contribution in [0.1, 0.15) is 46.1 Å². The lowest BCUT2D eigenvalue weighted by Crippen LogP contribution is -2.65. The Bertz CT molecular complexity index is 826. The Morgan fingerprint density at radius 1 is 1.26 bits per heavy atom. The van der Waals surface area contributed by atoms with E-state index in [9.17, 15) is 13.2 Å². The van der Waals surface area contributed by atoms with Gasteiger partial charge >= 0.3 is 0 Å². The van der Waals surface area contributed by atoms with Crippen molar-refractivity contribution in [3.05, 3.63) is 36.4 Å². The van der Waals surface area contributed by atoms with Gasteiger partial charge in [-0.3, -0.25) is 4.79 Å². The number of piperidine rings is 1. The lowest BCUT2D eigenvalue weighted by Gasteiger charge is -2.53. The van der Waals surface area contributed by atoms with Crippen LogP contribution in [-0.2, 0) is 14.8 Å². The number of sulfonamides is 1. The van der Waals surface area contributed by atoms with Crippen LogP contribution >= 0.6 is 0 Å². The van der Waals surface area contributed by atoms with Crippen LogP contribution in [0.2, 0.25) is 0 Å². The molecule has 0 spiro atoms. The first-order valence-electron chi connectivity index (χ1n) is 8.98. The van der Waals surface area contributed by atoms with Crippen molar-refractivity contribution in [2.75, 3.05) is 7.11 Å². The van der Waals surface area contributed by atoms with Crippen LogP contribution in [0.25, 0.3) is 0 Å². The largest absolute Gasteiger partial charge is 0.496 e. The molecule has 0 unspecified atom stereocenters. The lowest BCUT2D eigenvalue weighted by molar-refractivity contribution is -0.118. The van der Waals surface area contributed by atoms with Gasteiger partial charge in [-0.05, 0) is 77.3 Å². The molecule has 1 aliphatic rings. The average molecular weight is 395 g/mol. The Kier molecular flexibility index (Phi) is 5.78. The third-order valence-electron chi connectivity index (χ3n) is 5.03. The quantitative estimate of drug-likeness (QED) is 0.779. The highest BCUT2D eigenvalue weighted by Gasteiger charge is 2.51. The fourth-order valence-corrected chi connectivity index (χ4v) is 6.62. The number of hydrogen-bond donors (Lipinski definition) is 1. The molecule has 0 aromatic heterocycles. The Labute approximate surface area is 162 Å². The summed E-state index contributed by atoms with van der Waals surface area (Å²) in [6.07, 6.45) is 2.28. The molecule has 1 heterocycles. The number of methoxy groups -OCH3 is 1. The van der Waals surface area contributed by atoms with Gasteiger partial charge < -0.3 is 10.1 Å². The normalized spacial score (nSPS) is 20.1. The summed E-state index contributed by atoms with van der Waals surface area (Å²) in [4.78, 5) is 12.0. The predicted octanol–water partition coefficient (Wildman–Crippen LogP) is 3.02. The third kappa shape index (κ3) is 4.19. The number of hydrogen-bond acceptors (Lipinski definition) is 4. The summed E-state index contributed by atoms with van der Waals surface area (Å²) in [5.41, 5.74) is -0.580. The van der Waals surface area contributed by atoms with Crippen molar-refractivity contribution in [2.24, 2.45) is 0 Å². The van der Waals surface area contributed by atoms with Gasteiger partial charge in [-0.25, -0.2) is 8.42 Å². The number of nitrogens with one attached hydrogen (secondary N) is 1. The molecular weight excluding hydrogens is 364 g/mol. The highest BCUT2D eigenvalue weighted by atomic mass is 32.2. The van der Waals surface area contributed by atoms with E-state index in [-0.39, 0.29) is 16.8 Å². The number of ether oxygens (including phenoxy) is 1. The fraction of sp³-hybridized carbons (Fsp3) is 0.550. The van der Waals surface area contributed by atoms with Crippen molar-refractivity contribution < 1.29 is 17.9 Å². The van der Waals surface area contributed by atoms with Crippen molar-refractivity contribution in [1.82, 2.24) is 9.62 Å². The molecule has 7 heteroatoms. The maximum atomic E-state index is 13.5. The van der Waals surface area contributed by atoms with Crippen molar-refractivity contribution in [1.29, 1.82) is 0 Å². The summed E-state index contributed by atoms with van der Waals surface area (Å²) < 4.78 is 33.9. The first-order chi connectivity index (χ1) is 12.3. The van der Waals surface area contributed by atoms with E-state index in [4.69, 9.17) is 4.74 Å². The average Bonchev–Trinajstić information content (AvgIpc) is 2.51. The second kappa shape index (κ2) is 7.28. The predicted molar refractivity (Wildman–Crippen MR) is 106 cm³/mol. The first-order valence-corrected chi connectivity index (χ1v) is 10.4. The summed E-state index contributed by atoms with van der Waals surface area (Å²) in [5.74, 6) is 0.409. The molecule has 0 aliphatic carbocycles. The van der Waals surface area contributed by atoms with E-state index in [1.165, 1.54) is 6.08 Å². The van der Waals surface area contributed by atoms with Gasteiger partial charge in [-0.1, -0.05) is 6.58 Å². The zero-order chi connectivity index (χ0) is 20.6. The maximum Gasteiger partial charge on any atom is 0.244 e. The van der Waals surface area contributed by atoms with Gasteiger partial charge in [0.25, 0.3) is 0 Å². The minimum Gasteiger partial charge on any atom is -0.496 e. The van der Waals surface area contributed by atoms with Gasteiger partial charge in [0.05, 0.1) is 12.0 Å². The number of carbonyl (C=O) groups excluding carboxylic acids is 1. The molecule has 0 saturated carbocycles. The van der Waals surface area contributed by atoms with Crippen LogP contribution < -0.4 is 10.1 Å². The topological polar surface area (TPSA) is 75.7 Å². The Morgan fingerprint density at radius 3 is 2.26 bits per heavy atom. The van der Waals surface area contributed by atoms with E-state index in [1.807, 2.05) is 34.6 Å². The van der Waals surface area contributed by atoms with Crippen molar-refractivity contribution >= 4 is 15.9 Å². The van der Waals surface area contributed by atoms with E-state index in [1.54, 1.807) is 29.6 Å². The summed E-state index contributed by atoms with van der Waals surface area (Å²) in [6.45, 7) is 12.9. The number of amides is 1. The zero-order valence-corrected chi connectivity index (χ0v) is 17.8. The number of aryl methyl sites for hydroxylation is 1. The van der Waals surface area contributed by atoms with Crippen molar-refractivity contribution in [3.8, 4) is 5.75 Å². The van der Waals surface area contributed by atoms with E-state index >= 15 is 0 Å². The second-order valence-electron chi connectivity index (χ2n) is 8.34. The monoisotopic (exact) mass is 394 g/mol. The maximum absolute atomic E-state index is 13.5. The summed E-state index contributed by atoms with van der Waals surface area (Å²) in [5, 5.41) is 2.92. The van der Waals surface area contributed by atoms with Gasteiger partial charge in [0.15, 0.2) is 0 Å². The van der Waals surface area contributed by atoms with Crippen molar-refractivity contribution in [2.45, 2.75) is 69.5 Å². The van der Waals surface area contributed by atoms with E-state index in [2.05, 4.69) is 11.9 Å². The molecule has 2 rings (SSSR count). The molecule has 1 N–H and O–H groups in total. The molecule has 0 radical (unpaired) electrons. The molecular formula is C20H30N2O4S. The fourth-order valence-electron chi connectivity index (χ4n) is 4.39. The molecule has 1 aromatic carbocycles. The van der Waals surface area contributed by atoms with Gasteiger partial charge in [0.1, 0.15) is 5.75 Å². The minimum absolute atomic E-state index is 0.121. The molecule has 0 atom stereocenters. The van der Waals surface area contributed by atoms with Gasteiger partial charge in [0.2, 0.25) is 15.9 Å². The molecule has 1 aliphatic heterocycles. The molecule has 1 aromatic rings. The second-order valence-corrected chi connectivity index (χ2v) is 10.1. The SMILES string of the molecule is C=CC(=O)NC1CC(C)(C)N(S(=O)(=O)c2ccc(OC)c(C)c2)C(C)(C)C1. The summed E-state index contributed by atoms with van der Waals surface area (Å²) in [6, 6.07) is 4.79. The Morgan fingerprint density at radius 2 is 1.81 bits per heavy atom. The molecule has 150 valence electrons. The standard InChI is InChI=1S/C20H30N2O4S/c1-8-18(23)21-15-12-19(3,4)22(20(5,6)13-15)27(24,25)16-9-10-17(26-7)14(2)11-16/h8-11,15H,1,12-13H2,2-7H3,(H,21,23). The number of rotatable bonds is 5. The van der Waals surface area contributed by atoms with Crippen LogP contribution in [0.5, 0.6) is 5.75 Å².